The van der Waals surface area contributed by atoms with Gasteiger partial charge in [0.25, 0.3) is 0 Å². The van der Waals surface area contributed by atoms with E-state index in [0.29, 0.717) is 0 Å². The third-order valence-corrected chi connectivity index (χ3v) is 3.74. The summed E-state index contributed by atoms with van der Waals surface area (Å²) in [7, 11) is 9.30. The molecular formula is C13H32N2+2. The molecule has 0 unspecified atom stereocenters. The molecule has 0 heterocycles. The van der Waals surface area contributed by atoms with E-state index >= 15 is 0 Å². The Bertz CT molecular complexity index is 144. The van der Waals surface area contributed by atoms with Crippen molar-refractivity contribution in [2.75, 3.05) is 54.4 Å². The number of hydrogen-bond acceptors (Lipinski definition) is 0. The minimum Gasteiger partial charge on any atom is -0.329 e. The average molecular weight is 216 g/mol. The van der Waals surface area contributed by atoms with Crippen molar-refractivity contribution < 1.29 is 8.97 Å². The third-order valence-electron chi connectivity index (χ3n) is 3.74. The van der Waals surface area contributed by atoms with Crippen LogP contribution in [0.4, 0.5) is 0 Å². The van der Waals surface area contributed by atoms with Gasteiger partial charge in [0, 0.05) is 0 Å². The van der Waals surface area contributed by atoms with E-state index in [9.17, 15) is 0 Å². The molecule has 0 aliphatic carbocycles. The molecule has 0 atom stereocenters. The first-order valence-corrected chi connectivity index (χ1v) is 6.47. The van der Waals surface area contributed by atoms with E-state index in [1.165, 1.54) is 54.4 Å². The molecule has 2 nitrogen and oxygen atoms in total. The Morgan fingerprint density at radius 3 is 1.20 bits per heavy atom. The molecule has 0 saturated carbocycles. The molecule has 0 aliphatic rings. The zero-order valence-electron chi connectivity index (χ0n) is 11.8. The molecule has 0 radical (unpaired) electrons. The summed E-state index contributed by atoms with van der Waals surface area (Å²) >= 11 is 0. The summed E-state index contributed by atoms with van der Waals surface area (Å²) < 4.78 is 2.35. The number of quaternary nitrogens is 2. The van der Waals surface area contributed by atoms with Gasteiger partial charge in [-0.1, -0.05) is 0 Å². The zero-order chi connectivity index (χ0) is 11.9. The van der Waals surface area contributed by atoms with Crippen molar-refractivity contribution in [2.24, 2.45) is 0 Å². The average Bonchev–Trinajstić information content (AvgIpc) is 2.17. The monoisotopic (exact) mass is 216 g/mol. The van der Waals surface area contributed by atoms with Crippen LogP contribution in [0.3, 0.4) is 0 Å². The van der Waals surface area contributed by atoms with Crippen molar-refractivity contribution in [3.63, 3.8) is 0 Å². The first-order chi connectivity index (χ1) is 6.83. The van der Waals surface area contributed by atoms with Gasteiger partial charge in [0.05, 0.1) is 54.4 Å². The molecule has 0 spiro atoms. The van der Waals surface area contributed by atoms with Gasteiger partial charge in [-0.15, -0.1) is 0 Å². The van der Waals surface area contributed by atoms with Crippen molar-refractivity contribution in [1.29, 1.82) is 0 Å². The topological polar surface area (TPSA) is 0 Å². The maximum absolute atomic E-state index is 2.33. The summed E-state index contributed by atoms with van der Waals surface area (Å²) in [5.41, 5.74) is 0. The highest BCUT2D eigenvalue weighted by atomic mass is 15.3. The molecule has 0 amide bonds. The summed E-state index contributed by atoms with van der Waals surface area (Å²) in [5.74, 6) is 0. The van der Waals surface area contributed by atoms with E-state index < -0.39 is 0 Å². The van der Waals surface area contributed by atoms with Crippen LogP contribution >= 0.6 is 0 Å². The number of nitrogens with zero attached hydrogens (tertiary/aromatic N) is 2. The number of rotatable bonds is 8. The molecule has 0 fully saturated rings. The van der Waals surface area contributed by atoms with E-state index in [4.69, 9.17) is 0 Å². The fourth-order valence-electron chi connectivity index (χ4n) is 1.57. The molecule has 0 N–H and O–H groups in total. The van der Waals surface area contributed by atoms with Crippen LogP contribution in [0.2, 0.25) is 0 Å². The summed E-state index contributed by atoms with van der Waals surface area (Å²) in [4.78, 5) is 0. The van der Waals surface area contributed by atoms with Crippen molar-refractivity contribution in [1.82, 2.24) is 0 Å². The molecule has 0 aliphatic heterocycles. The SMILES string of the molecule is CC[N+](C)(C)CCCCC[N+](C)(C)CC. The third kappa shape index (κ3) is 7.80. The van der Waals surface area contributed by atoms with E-state index in [2.05, 4.69) is 42.0 Å². The summed E-state index contributed by atoms with van der Waals surface area (Å²) in [5, 5.41) is 0. The molecule has 0 aromatic carbocycles. The van der Waals surface area contributed by atoms with Gasteiger partial charge in [0.15, 0.2) is 0 Å². The molecule has 2 heteroatoms. The Labute approximate surface area is 97.1 Å². The van der Waals surface area contributed by atoms with Crippen LogP contribution < -0.4 is 0 Å². The lowest BCUT2D eigenvalue weighted by Crippen LogP contribution is -2.41. The number of unbranched alkanes of at least 4 members (excludes halogenated alkanes) is 2. The minimum atomic E-state index is 1.17. The normalized spacial score (nSPS) is 13.2. The fraction of sp³-hybridized carbons (Fsp3) is 1.00. The van der Waals surface area contributed by atoms with Crippen molar-refractivity contribution >= 4 is 0 Å². The van der Waals surface area contributed by atoms with E-state index in [0.717, 1.165) is 0 Å². The highest BCUT2D eigenvalue weighted by molar-refractivity contribution is 4.42. The summed E-state index contributed by atoms with van der Waals surface area (Å²) in [6.45, 7) is 9.70. The van der Waals surface area contributed by atoms with E-state index in [-0.39, 0.29) is 0 Å². The van der Waals surface area contributed by atoms with Gasteiger partial charge >= 0.3 is 0 Å². The van der Waals surface area contributed by atoms with Crippen LogP contribution in [-0.2, 0) is 0 Å². The van der Waals surface area contributed by atoms with Gasteiger partial charge in [-0.3, -0.25) is 0 Å². The lowest BCUT2D eigenvalue weighted by atomic mass is 10.2. The predicted octanol–water partition coefficient (Wildman–Crippen LogP) is 2.35. The van der Waals surface area contributed by atoms with Crippen LogP contribution in [0.5, 0.6) is 0 Å². The van der Waals surface area contributed by atoms with Gasteiger partial charge in [-0.2, -0.15) is 0 Å². The maximum atomic E-state index is 2.33. The van der Waals surface area contributed by atoms with Gasteiger partial charge in [-0.05, 0) is 33.1 Å². The molecular weight excluding hydrogens is 184 g/mol. The molecule has 0 aromatic rings. The van der Waals surface area contributed by atoms with Gasteiger partial charge in [0.2, 0.25) is 0 Å². The minimum absolute atomic E-state index is 1.17. The number of hydrogen-bond donors (Lipinski definition) is 0. The smallest absolute Gasteiger partial charge is 0.0782 e. The highest BCUT2D eigenvalue weighted by Crippen LogP contribution is 2.06. The van der Waals surface area contributed by atoms with Crippen molar-refractivity contribution in [3.05, 3.63) is 0 Å². The lowest BCUT2D eigenvalue weighted by molar-refractivity contribution is -0.890. The summed E-state index contributed by atoms with van der Waals surface area (Å²) in [6.07, 6.45) is 4.15. The Morgan fingerprint density at radius 2 is 0.933 bits per heavy atom. The quantitative estimate of drug-likeness (QED) is 0.431. The Kier molecular flexibility index (Phi) is 6.46. The van der Waals surface area contributed by atoms with Gasteiger partial charge in [0.1, 0.15) is 0 Å². The second-order valence-electron chi connectivity index (χ2n) is 6.01. The van der Waals surface area contributed by atoms with Crippen LogP contribution in [0.1, 0.15) is 33.1 Å². The largest absolute Gasteiger partial charge is 0.329 e. The van der Waals surface area contributed by atoms with Crippen LogP contribution in [0.25, 0.3) is 0 Å². The Hall–Kier alpha value is -0.0800. The van der Waals surface area contributed by atoms with E-state index in [1.54, 1.807) is 0 Å². The maximum Gasteiger partial charge on any atom is 0.0782 e. The predicted molar refractivity (Wildman–Crippen MR) is 68.9 cm³/mol. The molecule has 15 heavy (non-hydrogen) atoms. The molecule has 0 bridgehead atoms. The van der Waals surface area contributed by atoms with E-state index in [1.807, 2.05) is 0 Å². The Morgan fingerprint density at radius 1 is 0.600 bits per heavy atom. The fourth-order valence-corrected chi connectivity index (χ4v) is 1.57. The first-order valence-electron chi connectivity index (χ1n) is 6.47. The Balaban J connectivity index is 3.48. The molecule has 0 rings (SSSR count). The molecule has 0 aromatic heterocycles. The van der Waals surface area contributed by atoms with Crippen LogP contribution in [0.15, 0.2) is 0 Å². The van der Waals surface area contributed by atoms with Crippen molar-refractivity contribution in [3.8, 4) is 0 Å². The van der Waals surface area contributed by atoms with Crippen molar-refractivity contribution in [2.45, 2.75) is 33.1 Å². The molecule has 92 valence electrons. The molecule has 0 saturated heterocycles. The van der Waals surface area contributed by atoms with Gasteiger partial charge in [-0.25, -0.2) is 0 Å². The van der Waals surface area contributed by atoms with Crippen LogP contribution in [-0.4, -0.2) is 63.3 Å². The van der Waals surface area contributed by atoms with Gasteiger partial charge < -0.3 is 8.97 Å². The zero-order valence-corrected chi connectivity index (χ0v) is 11.8. The highest BCUT2D eigenvalue weighted by Gasteiger charge is 2.13. The first kappa shape index (κ1) is 14.9. The second kappa shape index (κ2) is 6.49. The van der Waals surface area contributed by atoms with Crippen LogP contribution in [0, 0.1) is 0 Å². The summed E-state index contributed by atoms with van der Waals surface area (Å²) in [6, 6.07) is 0. The standard InChI is InChI=1S/C13H32N2/c1-7-14(3,4)12-10-9-11-13-15(5,6)8-2/h7-13H2,1-6H3/q+2. The second-order valence-corrected chi connectivity index (χ2v) is 6.01. The lowest BCUT2D eigenvalue weighted by Gasteiger charge is -2.29.